The van der Waals surface area contributed by atoms with Crippen molar-refractivity contribution in [2.45, 2.75) is 26.3 Å². The number of nitrogens with one attached hydrogen (secondary N) is 1. The van der Waals surface area contributed by atoms with Gasteiger partial charge in [-0.25, -0.2) is 0 Å². The Morgan fingerprint density at radius 2 is 2.37 bits per heavy atom. The van der Waals surface area contributed by atoms with Crippen LogP contribution in [0.25, 0.3) is 0 Å². The van der Waals surface area contributed by atoms with E-state index in [4.69, 9.17) is 0 Å². The van der Waals surface area contributed by atoms with Crippen LogP contribution in [0.15, 0.2) is 17.4 Å². The van der Waals surface area contributed by atoms with Crippen LogP contribution in [0.5, 0.6) is 0 Å². The molecule has 1 atom stereocenters. The zero-order valence-electron chi connectivity index (χ0n) is 12.0. The van der Waals surface area contributed by atoms with E-state index in [1.807, 2.05) is 31.2 Å². The van der Waals surface area contributed by atoms with E-state index in [0.29, 0.717) is 0 Å². The monoisotopic (exact) mass is 377 g/mol. The van der Waals surface area contributed by atoms with Gasteiger partial charge in [-0.1, -0.05) is 6.92 Å². The molecule has 108 valence electrons. The van der Waals surface area contributed by atoms with E-state index >= 15 is 0 Å². The van der Waals surface area contributed by atoms with Crippen molar-refractivity contribution in [1.29, 1.82) is 0 Å². The Kier molecular flexibility index (Phi) is 6.60. The number of piperidine rings is 1. The Hall–Kier alpha value is -0.790. The Labute approximate surface area is 132 Å². The molecule has 0 aromatic carbocycles. The predicted octanol–water partition coefficient (Wildman–Crippen LogP) is 1.85. The van der Waals surface area contributed by atoms with Gasteiger partial charge in [-0.05, 0) is 18.8 Å². The zero-order chi connectivity index (χ0) is 13.0. The fourth-order valence-electron chi connectivity index (χ4n) is 2.46. The average Bonchev–Trinajstić information content (AvgIpc) is 2.76. The minimum absolute atomic E-state index is 0. The van der Waals surface area contributed by atoms with Gasteiger partial charge in [0.15, 0.2) is 5.96 Å². The number of likely N-dealkylation sites (tertiary alicyclic amines) is 1. The Bertz CT molecular complexity index is 415. The van der Waals surface area contributed by atoms with Crippen molar-refractivity contribution >= 4 is 29.9 Å². The van der Waals surface area contributed by atoms with Crippen LogP contribution in [0, 0.1) is 5.92 Å². The van der Waals surface area contributed by atoms with Gasteiger partial charge in [-0.15, -0.1) is 24.0 Å². The van der Waals surface area contributed by atoms with Gasteiger partial charge < -0.3 is 10.2 Å². The first-order valence-electron chi connectivity index (χ1n) is 6.62. The molecular formula is C13H24IN5. The molecule has 0 bridgehead atoms. The molecule has 0 saturated carbocycles. The highest BCUT2D eigenvalue weighted by molar-refractivity contribution is 14.0. The molecule has 1 saturated heterocycles. The Morgan fingerprint density at radius 3 is 2.95 bits per heavy atom. The topological polar surface area (TPSA) is 45.5 Å². The molecule has 1 aliphatic heterocycles. The number of hydrogen-bond acceptors (Lipinski definition) is 2. The molecule has 1 aliphatic rings. The van der Waals surface area contributed by atoms with Gasteiger partial charge in [0, 0.05) is 45.5 Å². The molecule has 0 amide bonds. The summed E-state index contributed by atoms with van der Waals surface area (Å²) >= 11 is 0. The van der Waals surface area contributed by atoms with E-state index < -0.39 is 0 Å². The van der Waals surface area contributed by atoms with Crippen LogP contribution >= 0.6 is 24.0 Å². The van der Waals surface area contributed by atoms with E-state index in [1.54, 1.807) is 0 Å². The van der Waals surface area contributed by atoms with E-state index in [9.17, 15) is 0 Å². The summed E-state index contributed by atoms with van der Waals surface area (Å²) in [4.78, 5) is 6.72. The second-order valence-electron chi connectivity index (χ2n) is 5.12. The minimum atomic E-state index is 0. The maximum Gasteiger partial charge on any atom is 0.193 e. The van der Waals surface area contributed by atoms with Crippen molar-refractivity contribution in [3.63, 3.8) is 0 Å². The summed E-state index contributed by atoms with van der Waals surface area (Å²) in [5, 5.41) is 7.58. The van der Waals surface area contributed by atoms with Gasteiger partial charge in [0.25, 0.3) is 0 Å². The summed E-state index contributed by atoms with van der Waals surface area (Å²) in [7, 11) is 3.79. The zero-order valence-corrected chi connectivity index (χ0v) is 14.3. The summed E-state index contributed by atoms with van der Waals surface area (Å²) in [5.41, 5.74) is 1.18. The number of aryl methyl sites for hydroxylation is 1. The second kappa shape index (κ2) is 7.72. The maximum absolute atomic E-state index is 4.37. The highest BCUT2D eigenvalue weighted by Crippen LogP contribution is 2.15. The standard InChI is InChI=1S/C13H23N5.HI/c1-11-5-4-6-18(9-11)13(14-2)15-7-12-8-16-17(3)10-12;/h8,10-11H,4-7,9H2,1-3H3,(H,14,15);1H. The molecule has 1 aromatic rings. The van der Waals surface area contributed by atoms with Gasteiger partial charge >= 0.3 is 0 Å². The van der Waals surface area contributed by atoms with Crippen LogP contribution in [-0.2, 0) is 13.6 Å². The lowest BCUT2D eigenvalue weighted by Gasteiger charge is -2.33. The van der Waals surface area contributed by atoms with Gasteiger partial charge in [-0.3, -0.25) is 9.67 Å². The number of aliphatic imine (C=N–C) groups is 1. The lowest BCUT2D eigenvalue weighted by molar-refractivity contribution is 0.266. The van der Waals surface area contributed by atoms with Crippen LogP contribution in [0.4, 0.5) is 0 Å². The lowest BCUT2D eigenvalue weighted by atomic mass is 10.0. The van der Waals surface area contributed by atoms with Crippen molar-refractivity contribution in [3.05, 3.63) is 18.0 Å². The van der Waals surface area contributed by atoms with Crippen LogP contribution in [0.1, 0.15) is 25.3 Å². The normalized spacial score (nSPS) is 20.1. The molecule has 5 nitrogen and oxygen atoms in total. The summed E-state index contributed by atoms with van der Waals surface area (Å²) in [5.74, 6) is 1.76. The first-order chi connectivity index (χ1) is 8.69. The molecule has 0 spiro atoms. The first kappa shape index (κ1) is 16.3. The SMILES string of the molecule is CN=C(NCc1cnn(C)c1)N1CCCC(C)C1.I. The Balaban J connectivity index is 0.00000180. The highest BCUT2D eigenvalue weighted by atomic mass is 127. The van der Waals surface area contributed by atoms with E-state index in [1.165, 1.54) is 18.4 Å². The largest absolute Gasteiger partial charge is 0.352 e. The van der Waals surface area contributed by atoms with Crippen molar-refractivity contribution in [2.75, 3.05) is 20.1 Å². The molecule has 1 N–H and O–H groups in total. The second-order valence-corrected chi connectivity index (χ2v) is 5.12. The fraction of sp³-hybridized carbons (Fsp3) is 0.692. The smallest absolute Gasteiger partial charge is 0.193 e. The third-order valence-electron chi connectivity index (χ3n) is 3.38. The van der Waals surface area contributed by atoms with Crippen LogP contribution in [0.2, 0.25) is 0 Å². The number of hydrogen-bond donors (Lipinski definition) is 1. The summed E-state index contributed by atoms with van der Waals surface area (Å²) < 4.78 is 1.82. The number of halogens is 1. The van der Waals surface area contributed by atoms with E-state index in [-0.39, 0.29) is 24.0 Å². The fourth-order valence-corrected chi connectivity index (χ4v) is 2.46. The molecule has 6 heteroatoms. The summed E-state index contributed by atoms with van der Waals surface area (Å²) in [6.07, 6.45) is 6.50. The van der Waals surface area contributed by atoms with Crippen LogP contribution in [0.3, 0.4) is 0 Å². The van der Waals surface area contributed by atoms with Crippen molar-refractivity contribution in [2.24, 2.45) is 18.0 Å². The van der Waals surface area contributed by atoms with Gasteiger partial charge in [0.05, 0.1) is 6.20 Å². The maximum atomic E-state index is 4.37. The van der Waals surface area contributed by atoms with E-state index in [2.05, 4.69) is 27.2 Å². The minimum Gasteiger partial charge on any atom is -0.352 e. The van der Waals surface area contributed by atoms with Crippen LogP contribution in [-0.4, -0.2) is 40.8 Å². The molecule has 2 heterocycles. The third kappa shape index (κ3) is 4.67. The first-order valence-corrected chi connectivity index (χ1v) is 6.62. The quantitative estimate of drug-likeness (QED) is 0.486. The number of rotatable bonds is 2. The molecule has 1 fully saturated rings. The average molecular weight is 377 g/mol. The number of nitrogens with zero attached hydrogens (tertiary/aromatic N) is 4. The number of aromatic nitrogens is 2. The summed E-state index contributed by atoms with van der Waals surface area (Å²) in [6, 6.07) is 0. The lowest BCUT2D eigenvalue weighted by Crippen LogP contribution is -2.45. The molecule has 1 aromatic heterocycles. The Morgan fingerprint density at radius 1 is 1.58 bits per heavy atom. The van der Waals surface area contributed by atoms with Gasteiger partial charge in [0.1, 0.15) is 0 Å². The molecular weight excluding hydrogens is 353 g/mol. The molecule has 0 radical (unpaired) electrons. The van der Waals surface area contributed by atoms with Gasteiger partial charge in [-0.2, -0.15) is 5.10 Å². The van der Waals surface area contributed by atoms with Crippen molar-refractivity contribution in [1.82, 2.24) is 20.0 Å². The highest BCUT2D eigenvalue weighted by Gasteiger charge is 2.18. The van der Waals surface area contributed by atoms with Crippen molar-refractivity contribution < 1.29 is 0 Å². The molecule has 0 aliphatic carbocycles. The van der Waals surface area contributed by atoms with E-state index in [0.717, 1.165) is 31.5 Å². The van der Waals surface area contributed by atoms with Crippen molar-refractivity contribution in [3.8, 4) is 0 Å². The van der Waals surface area contributed by atoms with Gasteiger partial charge in [0.2, 0.25) is 0 Å². The summed E-state index contributed by atoms with van der Waals surface area (Å²) in [6.45, 7) is 5.30. The molecule has 2 rings (SSSR count). The number of guanidine groups is 1. The van der Waals surface area contributed by atoms with Crippen LogP contribution < -0.4 is 5.32 Å². The molecule has 19 heavy (non-hydrogen) atoms. The third-order valence-corrected chi connectivity index (χ3v) is 3.38. The predicted molar refractivity (Wildman–Crippen MR) is 88.8 cm³/mol. The molecule has 1 unspecified atom stereocenters.